The lowest BCUT2D eigenvalue weighted by Gasteiger charge is -2.36. The highest BCUT2D eigenvalue weighted by Gasteiger charge is 2.25. The third-order valence-corrected chi connectivity index (χ3v) is 4.74. The first-order valence-corrected chi connectivity index (χ1v) is 8.14. The second-order valence-electron chi connectivity index (χ2n) is 6.39. The maximum atomic E-state index is 8.85. The molecule has 0 radical (unpaired) electrons. The molecule has 1 aliphatic carbocycles. The molecule has 2 atom stereocenters. The van der Waals surface area contributed by atoms with Crippen LogP contribution in [-0.4, -0.2) is 36.5 Å². The molecule has 1 aliphatic heterocycles. The van der Waals surface area contributed by atoms with Gasteiger partial charge in [-0.3, -0.25) is 5.32 Å². The molecule has 2 aliphatic rings. The smallest absolute Gasteiger partial charge is 0.0576 e. The fourth-order valence-electron chi connectivity index (χ4n) is 3.50. The quantitative estimate of drug-likeness (QED) is 0.549. The summed E-state index contributed by atoms with van der Waals surface area (Å²) in [6.45, 7) is 1.47. The summed E-state index contributed by atoms with van der Waals surface area (Å²) < 4.78 is 0. The van der Waals surface area contributed by atoms with Gasteiger partial charge in [-0.1, -0.05) is 12.8 Å². The number of unbranched alkanes of at least 4 members (excludes halogenated alkanes) is 1. The highest BCUT2D eigenvalue weighted by molar-refractivity contribution is 4.84. The van der Waals surface area contributed by atoms with Crippen LogP contribution in [0.5, 0.6) is 0 Å². The minimum absolute atomic E-state index is 0.342. The molecular formula is C15H31N3O. The van der Waals surface area contributed by atoms with E-state index in [2.05, 4.69) is 10.6 Å². The van der Waals surface area contributed by atoms with E-state index in [1.807, 2.05) is 0 Å². The van der Waals surface area contributed by atoms with Gasteiger partial charge in [0.2, 0.25) is 0 Å². The average molecular weight is 269 g/mol. The van der Waals surface area contributed by atoms with Gasteiger partial charge in [0.1, 0.15) is 0 Å². The topological polar surface area (TPSA) is 70.3 Å². The van der Waals surface area contributed by atoms with Gasteiger partial charge in [-0.05, 0) is 57.4 Å². The number of hydrogen-bond donors (Lipinski definition) is 4. The lowest BCUT2D eigenvalue weighted by molar-refractivity contribution is 0.210. The molecule has 112 valence electrons. The Morgan fingerprint density at radius 3 is 2.63 bits per heavy atom. The maximum Gasteiger partial charge on any atom is 0.0576 e. The van der Waals surface area contributed by atoms with Crippen LogP contribution in [0, 0.1) is 5.92 Å². The Bertz CT molecular complexity index is 242. The largest absolute Gasteiger partial charge is 0.396 e. The van der Waals surface area contributed by atoms with Crippen LogP contribution in [0.4, 0.5) is 0 Å². The predicted octanol–water partition coefficient (Wildman–Crippen LogP) is 1.33. The monoisotopic (exact) mass is 269 g/mol. The van der Waals surface area contributed by atoms with Crippen LogP contribution in [0.25, 0.3) is 0 Å². The van der Waals surface area contributed by atoms with Gasteiger partial charge in [0.05, 0.1) is 6.17 Å². The van der Waals surface area contributed by atoms with Crippen LogP contribution in [0.3, 0.4) is 0 Å². The Labute approximate surface area is 117 Å². The van der Waals surface area contributed by atoms with Crippen LogP contribution in [0.2, 0.25) is 0 Å². The van der Waals surface area contributed by atoms with E-state index < -0.39 is 0 Å². The van der Waals surface area contributed by atoms with Gasteiger partial charge in [0.25, 0.3) is 0 Å². The molecule has 5 N–H and O–H groups in total. The zero-order valence-corrected chi connectivity index (χ0v) is 12.1. The van der Waals surface area contributed by atoms with E-state index in [1.54, 1.807) is 0 Å². The van der Waals surface area contributed by atoms with Gasteiger partial charge >= 0.3 is 0 Å². The molecular weight excluding hydrogens is 238 g/mol. The molecule has 19 heavy (non-hydrogen) atoms. The summed E-state index contributed by atoms with van der Waals surface area (Å²) in [6, 6.07) is 1.09. The molecule has 1 saturated heterocycles. The molecule has 0 spiro atoms. The molecule has 0 amide bonds. The van der Waals surface area contributed by atoms with Crippen LogP contribution in [0.1, 0.15) is 57.8 Å². The van der Waals surface area contributed by atoms with E-state index >= 15 is 0 Å². The molecule has 2 fully saturated rings. The van der Waals surface area contributed by atoms with Crippen LogP contribution in [-0.2, 0) is 0 Å². The molecule has 0 aromatic carbocycles. The maximum absolute atomic E-state index is 8.85. The molecule has 4 nitrogen and oxygen atoms in total. The number of aliphatic hydroxyl groups excluding tert-OH is 1. The minimum Gasteiger partial charge on any atom is -0.396 e. The normalized spacial score (nSPS) is 36.3. The number of hydrogen-bond acceptors (Lipinski definition) is 4. The number of piperidine rings is 1. The van der Waals surface area contributed by atoms with Crippen molar-refractivity contribution in [2.45, 2.75) is 76.0 Å². The van der Waals surface area contributed by atoms with E-state index in [-0.39, 0.29) is 0 Å². The second-order valence-corrected chi connectivity index (χ2v) is 6.39. The molecule has 1 heterocycles. The van der Waals surface area contributed by atoms with Crippen LogP contribution >= 0.6 is 0 Å². The Kier molecular flexibility index (Phi) is 6.57. The first-order valence-electron chi connectivity index (χ1n) is 8.14. The van der Waals surface area contributed by atoms with Crippen molar-refractivity contribution in [1.29, 1.82) is 0 Å². The van der Waals surface area contributed by atoms with Gasteiger partial charge < -0.3 is 16.2 Å². The Morgan fingerprint density at radius 2 is 1.89 bits per heavy atom. The number of nitrogens with one attached hydrogen (secondary N) is 2. The standard InChI is InChI=1S/C15H31N3O/c16-13-4-6-14(7-5-13)18-15-11-12(8-9-17-15)3-1-2-10-19/h12-15,17-19H,1-11,16H2. The summed E-state index contributed by atoms with van der Waals surface area (Å²) in [4.78, 5) is 0. The Morgan fingerprint density at radius 1 is 1.11 bits per heavy atom. The summed E-state index contributed by atoms with van der Waals surface area (Å²) in [5, 5.41) is 16.2. The van der Waals surface area contributed by atoms with Crippen molar-refractivity contribution in [1.82, 2.24) is 10.6 Å². The molecule has 0 bridgehead atoms. The van der Waals surface area contributed by atoms with Crippen molar-refractivity contribution in [3.8, 4) is 0 Å². The van der Waals surface area contributed by atoms with E-state index in [1.165, 1.54) is 51.4 Å². The van der Waals surface area contributed by atoms with Crippen molar-refractivity contribution in [3.63, 3.8) is 0 Å². The zero-order valence-electron chi connectivity index (χ0n) is 12.1. The van der Waals surface area contributed by atoms with Crippen LogP contribution < -0.4 is 16.4 Å². The molecule has 0 aromatic rings. The molecule has 2 unspecified atom stereocenters. The van der Waals surface area contributed by atoms with Gasteiger partial charge in [-0.2, -0.15) is 0 Å². The van der Waals surface area contributed by atoms with Gasteiger partial charge in [0.15, 0.2) is 0 Å². The summed E-state index contributed by atoms with van der Waals surface area (Å²) in [5.74, 6) is 0.830. The highest BCUT2D eigenvalue weighted by Crippen LogP contribution is 2.23. The fraction of sp³-hybridized carbons (Fsp3) is 1.00. The lowest BCUT2D eigenvalue weighted by Crippen LogP contribution is -2.52. The molecule has 2 rings (SSSR count). The minimum atomic E-state index is 0.342. The van der Waals surface area contributed by atoms with Gasteiger partial charge in [0, 0.05) is 18.7 Å². The predicted molar refractivity (Wildman–Crippen MR) is 78.8 cm³/mol. The molecule has 4 heteroatoms. The number of aliphatic hydroxyl groups is 1. The SMILES string of the molecule is NC1CCC(NC2CC(CCCCO)CCN2)CC1. The first kappa shape index (κ1) is 15.2. The summed E-state index contributed by atoms with van der Waals surface area (Å²) in [5.41, 5.74) is 5.96. The van der Waals surface area contributed by atoms with Gasteiger partial charge in [-0.15, -0.1) is 0 Å². The molecule has 0 aromatic heterocycles. The van der Waals surface area contributed by atoms with Crippen LogP contribution in [0.15, 0.2) is 0 Å². The molecule has 1 saturated carbocycles. The van der Waals surface area contributed by atoms with Gasteiger partial charge in [-0.25, -0.2) is 0 Å². The van der Waals surface area contributed by atoms with Crippen molar-refractivity contribution < 1.29 is 5.11 Å². The second kappa shape index (κ2) is 8.20. The highest BCUT2D eigenvalue weighted by atomic mass is 16.2. The number of rotatable bonds is 6. The Balaban J connectivity index is 1.66. The van der Waals surface area contributed by atoms with E-state index in [9.17, 15) is 0 Å². The lowest BCUT2D eigenvalue weighted by atomic mass is 9.88. The summed E-state index contributed by atoms with van der Waals surface area (Å²) >= 11 is 0. The van der Waals surface area contributed by atoms with Crippen molar-refractivity contribution in [2.75, 3.05) is 13.2 Å². The van der Waals surface area contributed by atoms with E-state index in [0.717, 1.165) is 18.9 Å². The van der Waals surface area contributed by atoms with Crippen molar-refractivity contribution in [3.05, 3.63) is 0 Å². The van der Waals surface area contributed by atoms with E-state index in [0.29, 0.717) is 24.9 Å². The number of nitrogens with two attached hydrogens (primary N) is 1. The van der Waals surface area contributed by atoms with E-state index in [4.69, 9.17) is 10.8 Å². The average Bonchev–Trinajstić information content (AvgIpc) is 2.42. The zero-order chi connectivity index (χ0) is 13.5. The fourth-order valence-corrected chi connectivity index (χ4v) is 3.50. The summed E-state index contributed by atoms with van der Waals surface area (Å²) in [6.07, 6.45) is 11.2. The third-order valence-electron chi connectivity index (χ3n) is 4.74. The first-order chi connectivity index (χ1) is 9.28. The summed E-state index contributed by atoms with van der Waals surface area (Å²) in [7, 11) is 0. The Hall–Kier alpha value is -0.160. The third kappa shape index (κ3) is 5.38. The van der Waals surface area contributed by atoms with Crippen molar-refractivity contribution >= 4 is 0 Å². The van der Waals surface area contributed by atoms with Crippen molar-refractivity contribution in [2.24, 2.45) is 11.7 Å².